The van der Waals surface area contributed by atoms with Crippen LogP contribution in [0.3, 0.4) is 0 Å². The molecule has 1 atom stereocenters. The first kappa shape index (κ1) is 11.5. The van der Waals surface area contributed by atoms with E-state index in [1.807, 2.05) is 0 Å². The van der Waals surface area contributed by atoms with Crippen LogP contribution >= 0.6 is 0 Å². The minimum Gasteiger partial charge on any atom is -0.388 e. The second-order valence-corrected chi connectivity index (χ2v) is 3.60. The van der Waals surface area contributed by atoms with E-state index in [0.717, 1.165) is 24.8 Å². The molecule has 0 aliphatic rings. The van der Waals surface area contributed by atoms with Crippen LogP contribution in [0.25, 0.3) is 0 Å². The van der Waals surface area contributed by atoms with Crippen molar-refractivity contribution in [3.63, 3.8) is 0 Å². The van der Waals surface area contributed by atoms with E-state index in [0.29, 0.717) is 5.92 Å². The van der Waals surface area contributed by atoms with E-state index in [1.165, 1.54) is 0 Å². The summed E-state index contributed by atoms with van der Waals surface area (Å²) in [6.45, 7) is 9.90. The summed E-state index contributed by atoms with van der Waals surface area (Å²) in [6, 6.07) is 0. The Kier molecular flexibility index (Phi) is 5.79. The van der Waals surface area contributed by atoms with Crippen LogP contribution in [0, 0.1) is 5.92 Å². The first-order valence-electron chi connectivity index (χ1n) is 4.68. The molecule has 1 nitrogen and oxygen atoms in total. The zero-order valence-corrected chi connectivity index (χ0v) is 8.43. The fraction of sp³-hybridized carbons (Fsp3) is 0.727. The molecule has 0 saturated carbocycles. The van der Waals surface area contributed by atoms with Crippen molar-refractivity contribution in [3.8, 4) is 0 Å². The number of hydrogen-bond acceptors (Lipinski definition) is 1. The largest absolute Gasteiger partial charge is 0.388 e. The lowest BCUT2D eigenvalue weighted by molar-refractivity contribution is 0.179. The van der Waals surface area contributed by atoms with Crippen molar-refractivity contribution >= 4 is 0 Å². The van der Waals surface area contributed by atoms with Crippen LogP contribution in [0.1, 0.15) is 40.0 Å². The van der Waals surface area contributed by atoms with Gasteiger partial charge in [-0.3, -0.25) is 0 Å². The molecule has 12 heavy (non-hydrogen) atoms. The van der Waals surface area contributed by atoms with Crippen LogP contribution in [-0.2, 0) is 0 Å². The highest BCUT2D eigenvalue weighted by Gasteiger charge is 2.10. The predicted molar refractivity (Wildman–Crippen MR) is 53.0 cm³/mol. The highest BCUT2D eigenvalue weighted by molar-refractivity contribution is 5.05. The van der Waals surface area contributed by atoms with E-state index < -0.39 is 0 Å². The van der Waals surface area contributed by atoms with Gasteiger partial charge in [-0.25, -0.2) is 0 Å². The summed E-state index contributed by atoms with van der Waals surface area (Å²) in [5.74, 6) is 0.528. The summed E-state index contributed by atoms with van der Waals surface area (Å²) in [6.07, 6.45) is 2.45. The van der Waals surface area contributed by atoms with E-state index in [9.17, 15) is 5.11 Å². The van der Waals surface area contributed by atoms with Gasteiger partial charge in [0.15, 0.2) is 0 Å². The van der Waals surface area contributed by atoms with Gasteiger partial charge in [-0.15, -0.1) is 5.73 Å². The van der Waals surface area contributed by atoms with Crippen molar-refractivity contribution in [1.29, 1.82) is 0 Å². The van der Waals surface area contributed by atoms with E-state index in [2.05, 4.69) is 33.1 Å². The van der Waals surface area contributed by atoms with Crippen LogP contribution in [0.5, 0.6) is 0 Å². The standard InChI is InChI=1S/C11H20O/c1-5-7-10(6-2)11(12)8-9(3)4/h9,11-12H,2,5,7-8H2,1,3-4H3/t11-/m1/s1. The fourth-order valence-corrected chi connectivity index (χ4v) is 1.23. The van der Waals surface area contributed by atoms with Crippen LogP contribution in [-0.4, -0.2) is 11.2 Å². The maximum absolute atomic E-state index is 9.67. The summed E-state index contributed by atoms with van der Waals surface area (Å²) < 4.78 is 0. The van der Waals surface area contributed by atoms with E-state index in [4.69, 9.17) is 0 Å². The Labute approximate surface area is 75.8 Å². The highest BCUT2D eigenvalue weighted by atomic mass is 16.3. The lowest BCUT2D eigenvalue weighted by atomic mass is 9.97. The van der Waals surface area contributed by atoms with Gasteiger partial charge in [0.25, 0.3) is 0 Å². The smallest absolute Gasteiger partial charge is 0.0826 e. The van der Waals surface area contributed by atoms with E-state index in [-0.39, 0.29) is 6.10 Å². The zero-order chi connectivity index (χ0) is 9.56. The summed E-state index contributed by atoms with van der Waals surface area (Å²) >= 11 is 0. The molecule has 0 heterocycles. The minimum absolute atomic E-state index is 0.331. The number of hydrogen-bond donors (Lipinski definition) is 1. The Morgan fingerprint density at radius 3 is 2.42 bits per heavy atom. The molecule has 0 rings (SSSR count). The second-order valence-electron chi connectivity index (χ2n) is 3.60. The summed E-state index contributed by atoms with van der Waals surface area (Å²) in [4.78, 5) is 0. The van der Waals surface area contributed by atoms with Crippen molar-refractivity contribution in [2.45, 2.75) is 46.1 Å². The molecule has 0 aliphatic carbocycles. The molecule has 0 aliphatic heterocycles. The van der Waals surface area contributed by atoms with Crippen molar-refractivity contribution in [1.82, 2.24) is 0 Å². The molecule has 70 valence electrons. The SMILES string of the molecule is C=C=C(CCC)[C@H](O)CC(C)C. The first-order chi connectivity index (χ1) is 5.61. The molecule has 0 aromatic heterocycles. The number of aliphatic hydroxyl groups excluding tert-OH is 1. The van der Waals surface area contributed by atoms with Crippen molar-refractivity contribution in [2.24, 2.45) is 5.92 Å². The van der Waals surface area contributed by atoms with Crippen LogP contribution in [0.2, 0.25) is 0 Å². The van der Waals surface area contributed by atoms with Gasteiger partial charge in [0.2, 0.25) is 0 Å². The molecule has 0 fully saturated rings. The normalized spacial score (nSPS) is 12.8. The Morgan fingerprint density at radius 2 is 2.08 bits per heavy atom. The Bertz CT molecular complexity index is 164. The summed E-state index contributed by atoms with van der Waals surface area (Å²) in [5.41, 5.74) is 3.79. The molecule has 0 radical (unpaired) electrons. The van der Waals surface area contributed by atoms with E-state index in [1.54, 1.807) is 0 Å². The van der Waals surface area contributed by atoms with Crippen molar-refractivity contribution in [2.75, 3.05) is 0 Å². The molecule has 0 unspecified atom stereocenters. The van der Waals surface area contributed by atoms with Gasteiger partial charge >= 0.3 is 0 Å². The molecule has 0 aromatic carbocycles. The lowest BCUT2D eigenvalue weighted by Gasteiger charge is -2.14. The molecule has 0 amide bonds. The van der Waals surface area contributed by atoms with Gasteiger partial charge in [-0.05, 0) is 24.3 Å². The maximum atomic E-state index is 9.67. The predicted octanol–water partition coefficient (Wildman–Crippen LogP) is 2.90. The van der Waals surface area contributed by atoms with Gasteiger partial charge in [0.1, 0.15) is 0 Å². The van der Waals surface area contributed by atoms with Gasteiger partial charge < -0.3 is 5.11 Å². The Balaban J connectivity index is 4.04. The third-order valence-corrected chi connectivity index (χ3v) is 1.84. The molecule has 0 bridgehead atoms. The fourth-order valence-electron chi connectivity index (χ4n) is 1.23. The van der Waals surface area contributed by atoms with Gasteiger partial charge in [0, 0.05) is 0 Å². The lowest BCUT2D eigenvalue weighted by Crippen LogP contribution is -2.12. The number of aliphatic hydroxyl groups is 1. The summed E-state index contributed by atoms with van der Waals surface area (Å²) in [7, 11) is 0. The average Bonchev–Trinajstić information content (AvgIpc) is 1.98. The third-order valence-electron chi connectivity index (χ3n) is 1.84. The van der Waals surface area contributed by atoms with Crippen molar-refractivity contribution in [3.05, 3.63) is 17.9 Å². The quantitative estimate of drug-likeness (QED) is 0.626. The molecule has 0 spiro atoms. The molecule has 0 saturated heterocycles. The molecular weight excluding hydrogens is 148 g/mol. The van der Waals surface area contributed by atoms with Gasteiger partial charge in [-0.2, -0.15) is 0 Å². The zero-order valence-electron chi connectivity index (χ0n) is 8.43. The van der Waals surface area contributed by atoms with Crippen LogP contribution in [0.15, 0.2) is 17.9 Å². The van der Waals surface area contributed by atoms with Gasteiger partial charge in [0.05, 0.1) is 6.10 Å². The molecule has 1 heteroatoms. The maximum Gasteiger partial charge on any atom is 0.0826 e. The molecule has 1 N–H and O–H groups in total. The van der Waals surface area contributed by atoms with Crippen LogP contribution < -0.4 is 0 Å². The molecule has 0 aromatic rings. The van der Waals surface area contributed by atoms with Crippen LogP contribution in [0.4, 0.5) is 0 Å². The topological polar surface area (TPSA) is 20.2 Å². The molecular formula is C11H20O. The Morgan fingerprint density at radius 1 is 1.50 bits per heavy atom. The number of rotatable bonds is 5. The average molecular weight is 168 g/mol. The third kappa shape index (κ3) is 4.38. The Hall–Kier alpha value is -0.520. The van der Waals surface area contributed by atoms with E-state index >= 15 is 0 Å². The van der Waals surface area contributed by atoms with Crippen molar-refractivity contribution < 1.29 is 5.11 Å². The minimum atomic E-state index is -0.331. The highest BCUT2D eigenvalue weighted by Crippen LogP contribution is 2.15. The van der Waals surface area contributed by atoms with Gasteiger partial charge in [-0.1, -0.05) is 33.8 Å². The second kappa shape index (κ2) is 6.05. The summed E-state index contributed by atoms with van der Waals surface area (Å²) in [5, 5.41) is 9.67. The monoisotopic (exact) mass is 168 g/mol. The first-order valence-corrected chi connectivity index (χ1v) is 4.68.